The molecule has 1 amide bonds. The van der Waals surface area contributed by atoms with E-state index in [0.29, 0.717) is 19.7 Å². The van der Waals surface area contributed by atoms with Crippen LogP contribution in [0.25, 0.3) is 0 Å². The first-order valence-electron chi connectivity index (χ1n) is 12.4. The monoisotopic (exact) mass is 467 g/mol. The molecule has 2 heterocycles. The minimum absolute atomic E-state index is 0.0499. The predicted molar refractivity (Wildman–Crippen MR) is 133 cm³/mol. The third-order valence-electron chi connectivity index (χ3n) is 6.79. The molecule has 1 N–H and O–H groups in total. The molecule has 7 nitrogen and oxygen atoms in total. The molecule has 0 aromatic heterocycles. The Morgan fingerprint density at radius 3 is 2.53 bits per heavy atom. The number of nitrogens with zero attached hydrogens (tertiary/aromatic N) is 2. The summed E-state index contributed by atoms with van der Waals surface area (Å²) in [6, 6.07) is 12.3. The second-order valence-corrected chi connectivity index (χ2v) is 8.74. The van der Waals surface area contributed by atoms with E-state index < -0.39 is 0 Å². The van der Waals surface area contributed by atoms with Crippen LogP contribution in [0.15, 0.2) is 36.4 Å². The lowest BCUT2D eigenvalue weighted by atomic mass is 9.89. The molecule has 2 aliphatic rings. The number of carbonyl (C=O) groups is 1. The van der Waals surface area contributed by atoms with Crippen molar-refractivity contribution in [1.82, 2.24) is 15.1 Å². The average Bonchev–Trinajstić information content (AvgIpc) is 2.89. The van der Waals surface area contributed by atoms with E-state index in [4.69, 9.17) is 14.2 Å². The molecule has 184 valence electrons. The maximum atomic E-state index is 12.7. The third-order valence-corrected chi connectivity index (χ3v) is 6.79. The predicted octanol–water partition coefficient (Wildman–Crippen LogP) is 3.12. The standard InChI is InChI=1S/C27H37N3O4/c1-4-30(5-2)27(31)21-8-6-20(7-9-21)26-23-19-25(24(32-3)18-22(23)10-11-28-26)34-17-14-29-12-15-33-16-13-29/h6-9,18-19,26,28H,4-5,10-17H2,1-3H3. The molecular weight excluding hydrogens is 430 g/mol. The number of amides is 1. The molecule has 0 bridgehead atoms. The van der Waals surface area contributed by atoms with Crippen molar-refractivity contribution in [1.29, 1.82) is 0 Å². The van der Waals surface area contributed by atoms with Gasteiger partial charge in [0.2, 0.25) is 0 Å². The summed E-state index contributed by atoms with van der Waals surface area (Å²) in [5.74, 6) is 1.63. The second-order valence-electron chi connectivity index (χ2n) is 8.74. The molecule has 0 radical (unpaired) electrons. The van der Waals surface area contributed by atoms with Gasteiger partial charge in [-0.2, -0.15) is 0 Å². The van der Waals surface area contributed by atoms with Crippen LogP contribution < -0.4 is 14.8 Å². The van der Waals surface area contributed by atoms with Gasteiger partial charge in [0.1, 0.15) is 6.61 Å². The van der Waals surface area contributed by atoms with Crippen LogP contribution in [0.5, 0.6) is 11.5 Å². The Morgan fingerprint density at radius 1 is 1.12 bits per heavy atom. The number of benzene rings is 2. The van der Waals surface area contributed by atoms with Crippen LogP contribution in [0.4, 0.5) is 0 Å². The minimum atomic E-state index is 0.0499. The van der Waals surface area contributed by atoms with Crippen LogP contribution in [-0.2, 0) is 11.2 Å². The van der Waals surface area contributed by atoms with Crippen molar-refractivity contribution < 1.29 is 19.0 Å². The Bertz CT molecular complexity index is 953. The molecule has 2 aliphatic heterocycles. The summed E-state index contributed by atoms with van der Waals surface area (Å²) in [4.78, 5) is 16.9. The highest BCUT2D eigenvalue weighted by Crippen LogP contribution is 2.37. The van der Waals surface area contributed by atoms with Gasteiger partial charge in [0.25, 0.3) is 5.91 Å². The van der Waals surface area contributed by atoms with E-state index in [2.05, 4.69) is 34.5 Å². The lowest BCUT2D eigenvalue weighted by Gasteiger charge is -2.29. The molecular formula is C27H37N3O4. The molecule has 1 saturated heterocycles. The Labute approximate surface area is 203 Å². The summed E-state index contributed by atoms with van der Waals surface area (Å²) < 4.78 is 17.3. The Balaban J connectivity index is 1.52. The van der Waals surface area contributed by atoms with Crippen molar-refractivity contribution in [2.75, 3.05) is 66.2 Å². The van der Waals surface area contributed by atoms with E-state index in [1.807, 2.05) is 30.9 Å². The fourth-order valence-electron chi connectivity index (χ4n) is 4.75. The number of fused-ring (bicyclic) bond motifs is 1. The van der Waals surface area contributed by atoms with Gasteiger partial charge in [-0.05, 0) is 61.2 Å². The van der Waals surface area contributed by atoms with Crippen LogP contribution >= 0.6 is 0 Å². The maximum Gasteiger partial charge on any atom is 0.253 e. The van der Waals surface area contributed by atoms with Gasteiger partial charge in [-0.3, -0.25) is 9.69 Å². The number of hydrogen-bond donors (Lipinski definition) is 1. The van der Waals surface area contributed by atoms with Crippen molar-refractivity contribution in [3.8, 4) is 11.5 Å². The highest BCUT2D eigenvalue weighted by molar-refractivity contribution is 5.94. The number of carbonyl (C=O) groups excluding carboxylic acids is 1. The molecule has 1 fully saturated rings. The first kappa shape index (κ1) is 24.5. The summed E-state index contributed by atoms with van der Waals surface area (Å²) in [5.41, 5.74) is 4.34. The van der Waals surface area contributed by atoms with Crippen molar-refractivity contribution in [2.24, 2.45) is 0 Å². The van der Waals surface area contributed by atoms with Crippen LogP contribution in [0, 0.1) is 0 Å². The largest absolute Gasteiger partial charge is 0.493 e. The molecule has 34 heavy (non-hydrogen) atoms. The summed E-state index contributed by atoms with van der Waals surface area (Å²) in [6.45, 7) is 11.3. The van der Waals surface area contributed by atoms with E-state index in [0.717, 1.165) is 68.4 Å². The smallest absolute Gasteiger partial charge is 0.253 e. The number of methoxy groups -OCH3 is 1. The fourth-order valence-corrected chi connectivity index (χ4v) is 4.75. The summed E-state index contributed by atoms with van der Waals surface area (Å²) in [6.07, 6.45) is 0.939. The molecule has 1 atom stereocenters. The lowest BCUT2D eigenvalue weighted by molar-refractivity contribution is 0.0321. The van der Waals surface area contributed by atoms with E-state index in [1.54, 1.807) is 7.11 Å². The Morgan fingerprint density at radius 2 is 1.85 bits per heavy atom. The Kier molecular flexibility index (Phi) is 8.43. The van der Waals surface area contributed by atoms with Gasteiger partial charge < -0.3 is 24.4 Å². The van der Waals surface area contributed by atoms with Gasteiger partial charge in [-0.15, -0.1) is 0 Å². The van der Waals surface area contributed by atoms with Crippen LogP contribution in [0.3, 0.4) is 0 Å². The van der Waals surface area contributed by atoms with Gasteiger partial charge >= 0.3 is 0 Å². The van der Waals surface area contributed by atoms with E-state index in [9.17, 15) is 4.79 Å². The zero-order chi connectivity index (χ0) is 23.9. The molecule has 2 aromatic carbocycles. The topological polar surface area (TPSA) is 63.3 Å². The SMILES string of the molecule is CCN(CC)C(=O)c1ccc(C2NCCc3cc(OC)c(OCCN4CCOCC4)cc32)cc1. The number of hydrogen-bond acceptors (Lipinski definition) is 6. The van der Waals surface area contributed by atoms with Gasteiger partial charge in [-0.1, -0.05) is 12.1 Å². The quantitative estimate of drug-likeness (QED) is 0.612. The highest BCUT2D eigenvalue weighted by Gasteiger charge is 2.25. The number of morpholine rings is 1. The van der Waals surface area contributed by atoms with Gasteiger partial charge in [0.05, 0.1) is 26.4 Å². The molecule has 1 unspecified atom stereocenters. The average molecular weight is 468 g/mol. The van der Waals surface area contributed by atoms with Gasteiger partial charge in [0.15, 0.2) is 11.5 Å². The third kappa shape index (κ3) is 5.54. The van der Waals surface area contributed by atoms with E-state index in [-0.39, 0.29) is 11.9 Å². The van der Waals surface area contributed by atoms with E-state index in [1.165, 1.54) is 11.1 Å². The molecule has 0 saturated carbocycles. The van der Waals surface area contributed by atoms with Gasteiger partial charge in [-0.25, -0.2) is 0 Å². The molecule has 4 rings (SSSR count). The van der Waals surface area contributed by atoms with Crippen LogP contribution in [0.2, 0.25) is 0 Å². The lowest BCUT2D eigenvalue weighted by Crippen LogP contribution is -2.38. The van der Waals surface area contributed by atoms with E-state index >= 15 is 0 Å². The zero-order valence-electron chi connectivity index (χ0n) is 20.6. The molecule has 2 aromatic rings. The highest BCUT2D eigenvalue weighted by atomic mass is 16.5. The summed E-state index contributed by atoms with van der Waals surface area (Å²) >= 11 is 0. The fraction of sp³-hybridized carbons (Fsp3) is 0.519. The normalized spacial score (nSPS) is 18.3. The summed E-state index contributed by atoms with van der Waals surface area (Å²) in [5, 5.41) is 3.64. The first-order chi connectivity index (χ1) is 16.6. The summed E-state index contributed by atoms with van der Waals surface area (Å²) in [7, 11) is 1.70. The number of rotatable bonds is 9. The number of ether oxygens (including phenoxy) is 3. The maximum absolute atomic E-state index is 12.7. The van der Waals surface area contributed by atoms with Crippen molar-refractivity contribution >= 4 is 5.91 Å². The minimum Gasteiger partial charge on any atom is -0.493 e. The molecule has 7 heteroatoms. The second kappa shape index (κ2) is 11.7. The van der Waals surface area contributed by atoms with Crippen molar-refractivity contribution in [3.63, 3.8) is 0 Å². The molecule has 0 aliphatic carbocycles. The zero-order valence-corrected chi connectivity index (χ0v) is 20.6. The van der Waals surface area contributed by atoms with Crippen LogP contribution in [0.1, 0.15) is 46.9 Å². The van der Waals surface area contributed by atoms with Gasteiger partial charge in [0, 0.05) is 44.8 Å². The molecule has 0 spiro atoms. The van der Waals surface area contributed by atoms with Crippen molar-refractivity contribution in [3.05, 3.63) is 58.7 Å². The van der Waals surface area contributed by atoms with Crippen LogP contribution in [-0.4, -0.2) is 81.9 Å². The Hall–Kier alpha value is -2.61. The number of nitrogens with one attached hydrogen (secondary N) is 1. The van der Waals surface area contributed by atoms with Crippen molar-refractivity contribution in [2.45, 2.75) is 26.3 Å². The first-order valence-corrected chi connectivity index (χ1v) is 12.4.